The highest BCUT2D eigenvalue weighted by molar-refractivity contribution is 5.92. The van der Waals surface area contributed by atoms with Gasteiger partial charge in [0.1, 0.15) is 5.75 Å². The van der Waals surface area contributed by atoms with Gasteiger partial charge in [0.2, 0.25) is 0 Å². The van der Waals surface area contributed by atoms with Crippen molar-refractivity contribution in [2.45, 2.75) is 6.92 Å². The molecule has 0 saturated heterocycles. The zero-order valence-electron chi connectivity index (χ0n) is 10.4. The predicted octanol–water partition coefficient (Wildman–Crippen LogP) is 1.82. The topological polar surface area (TPSA) is 90.7 Å². The van der Waals surface area contributed by atoms with Gasteiger partial charge in [0, 0.05) is 12.6 Å². The molecule has 1 aromatic carbocycles. The first-order valence-electron chi connectivity index (χ1n) is 5.23. The molecule has 0 aliphatic rings. The van der Waals surface area contributed by atoms with Crippen molar-refractivity contribution in [2.24, 2.45) is 0 Å². The average molecular weight is 254 g/mol. The van der Waals surface area contributed by atoms with E-state index in [4.69, 9.17) is 4.74 Å². The second kappa shape index (κ2) is 5.85. The van der Waals surface area contributed by atoms with E-state index in [-0.39, 0.29) is 22.7 Å². The molecule has 0 fully saturated rings. The Labute approximate surface area is 104 Å². The minimum atomic E-state index is -0.653. The lowest BCUT2D eigenvalue weighted by Crippen LogP contribution is -2.07. The van der Waals surface area contributed by atoms with Crippen LogP contribution in [-0.4, -0.2) is 31.7 Å². The largest absolute Gasteiger partial charge is 0.494 e. The van der Waals surface area contributed by atoms with Crippen molar-refractivity contribution in [2.75, 3.05) is 26.1 Å². The Bertz CT molecular complexity index is 473. The van der Waals surface area contributed by atoms with E-state index >= 15 is 0 Å². The molecule has 18 heavy (non-hydrogen) atoms. The molecule has 1 rings (SSSR count). The molecule has 0 heterocycles. The molecular formula is C11H14N2O5. The van der Waals surface area contributed by atoms with Crippen LogP contribution in [0.25, 0.3) is 0 Å². The van der Waals surface area contributed by atoms with Crippen molar-refractivity contribution < 1.29 is 19.2 Å². The van der Waals surface area contributed by atoms with E-state index in [0.29, 0.717) is 6.54 Å². The van der Waals surface area contributed by atoms with E-state index in [9.17, 15) is 14.9 Å². The summed E-state index contributed by atoms with van der Waals surface area (Å²) in [6, 6.07) is 2.56. The zero-order chi connectivity index (χ0) is 13.7. The quantitative estimate of drug-likeness (QED) is 0.489. The van der Waals surface area contributed by atoms with Crippen molar-refractivity contribution >= 4 is 17.3 Å². The van der Waals surface area contributed by atoms with Gasteiger partial charge in [-0.05, 0) is 13.0 Å². The molecule has 0 aliphatic carbocycles. The summed E-state index contributed by atoms with van der Waals surface area (Å²) < 4.78 is 9.58. The highest BCUT2D eigenvalue weighted by atomic mass is 16.6. The Morgan fingerprint density at radius 3 is 2.56 bits per heavy atom. The normalized spacial score (nSPS) is 9.72. The van der Waals surface area contributed by atoms with Crippen molar-refractivity contribution in [3.05, 3.63) is 27.8 Å². The average Bonchev–Trinajstić information content (AvgIpc) is 2.37. The number of hydrogen-bond acceptors (Lipinski definition) is 6. The molecule has 0 aromatic heterocycles. The smallest absolute Gasteiger partial charge is 0.338 e. The fourth-order valence-electron chi connectivity index (χ4n) is 1.50. The van der Waals surface area contributed by atoms with Gasteiger partial charge in [-0.1, -0.05) is 0 Å². The number of esters is 1. The molecule has 0 aliphatic heterocycles. The van der Waals surface area contributed by atoms with E-state index in [1.807, 2.05) is 0 Å². The first-order chi connectivity index (χ1) is 8.54. The predicted molar refractivity (Wildman–Crippen MR) is 65.2 cm³/mol. The van der Waals surface area contributed by atoms with E-state index in [0.717, 1.165) is 6.07 Å². The summed E-state index contributed by atoms with van der Waals surface area (Å²) >= 11 is 0. The Balaban J connectivity index is 3.42. The Morgan fingerprint density at radius 2 is 2.11 bits per heavy atom. The Hall–Kier alpha value is -2.31. The first kappa shape index (κ1) is 13.8. The van der Waals surface area contributed by atoms with E-state index in [2.05, 4.69) is 10.1 Å². The van der Waals surface area contributed by atoms with Crippen LogP contribution in [0, 0.1) is 10.1 Å². The van der Waals surface area contributed by atoms with Crippen LogP contribution < -0.4 is 10.1 Å². The number of nitrogens with zero attached hydrogens (tertiary/aromatic N) is 1. The van der Waals surface area contributed by atoms with Gasteiger partial charge >= 0.3 is 5.97 Å². The number of benzene rings is 1. The molecule has 7 heteroatoms. The number of nitrogens with one attached hydrogen (secondary N) is 1. The zero-order valence-corrected chi connectivity index (χ0v) is 10.4. The lowest BCUT2D eigenvalue weighted by Gasteiger charge is -2.11. The lowest BCUT2D eigenvalue weighted by atomic mass is 10.1. The highest BCUT2D eigenvalue weighted by Crippen LogP contribution is 2.35. The van der Waals surface area contributed by atoms with Crippen LogP contribution in [0.3, 0.4) is 0 Å². The lowest BCUT2D eigenvalue weighted by molar-refractivity contribution is -0.384. The maximum Gasteiger partial charge on any atom is 0.338 e. The van der Waals surface area contributed by atoms with Gasteiger partial charge in [0.25, 0.3) is 5.69 Å². The summed E-state index contributed by atoms with van der Waals surface area (Å²) in [6.07, 6.45) is 0. The van der Waals surface area contributed by atoms with E-state index in [1.165, 1.54) is 20.3 Å². The first-order valence-corrected chi connectivity index (χ1v) is 5.23. The molecule has 0 radical (unpaired) electrons. The summed E-state index contributed by atoms with van der Waals surface area (Å²) in [7, 11) is 2.58. The van der Waals surface area contributed by atoms with Gasteiger partial charge < -0.3 is 14.8 Å². The summed E-state index contributed by atoms with van der Waals surface area (Å²) in [6.45, 7) is 2.30. The molecule has 0 unspecified atom stereocenters. The SMILES string of the molecule is CCNc1c(OC)cc(C(=O)OC)cc1[N+](=O)[O-]. The van der Waals surface area contributed by atoms with Crippen LogP contribution >= 0.6 is 0 Å². The summed E-state index contributed by atoms with van der Waals surface area (Å²) in [5.74, 6) is -0.425. The molecule has 0 spiro atoms. The van der Waals surface area contributed by atoms with Crippen LogP contribution in [0.5, 0.6) is 5.75 Å². The number of carbonyl (C=O) groups is 1. The molecule has 0 amide bonds. The van der Waals surface area contributed by atoms with Crippen LogP contribution in [0.15, 0.2) is 12.1 Å². The maximum absolute atomic E-state index is 11.4. The Kier molecular flexibility index (Phi) is 4.47. The third kappa shape index (κ3) is 2.68. The van der Waals surface area contributed by atoms with Crippen molar-refractivity contribution in [1.29, 1.82) is 0 Å². The number of nitro groups is 1. The number of anilines is 1. The third-order valence-corrected chi connectivity index (χ3v) is 2.27. The molecule has 1 aromatic rings. The van der Waals surface area contributed by atoms with Crippen LogP contribution in [0.4, 0.5) is 11.4 Å². The van der Waals surface area contributed by atoms with Gasteiger partial charge in [-0.2, -0.15) is 0 Å². The van der Waals surface area contributed by atoms with E-state index < -0.39 is 10.9 Å². The number of hydrogen-bond donors (Lipinski definition) is 1. The minimum absolute atomic E-state index is 0.0719. The number of carbonyl (C=O) groups excluding carboxylic acids is 1. The number of ether oxygens (including phenoxy) is 2. The van der Waals surface area contributed by atoms with Gasteiger partial charge in [-0.25, -0.2) is 4.79 Å². The third-order valence-electron chi connectivity index (χ3n) is 2.27. The number of methoxy groups -OCH3 is 2. The Morgan fingerprint density at radius 1 is 1.44 bits per heavy atom. The number of rotatable bonds is 5. The fourth-order valence-corrected chi connectivity index (χ4v) is 1.50. The molecule has 7 nitrogen and oxygen atoms in total. The summed E-state index contributed by atoms with van der Waals surface area (Å²) in [4.78, 5) is 21.8. The summed E-state index contributed by atoms with van der Waals surface area (Å²) in [5.41, 5.74) is 0.0944. The summed E-state index contributed by atoms with van der Waals surface area (Å²) in [5, 5.41) is 13.8. The van der Waals surface area contributed by atoms with Crippen molar-refractivity contribution in [3.63, 3.8) is 0 Å². The maximum atomic E-state index is 11.4. The molecular weight excluding hydrogens is 240 g/mol. The second-order valence-electron chi connectivity index (χ2n) is 3.35. The van der Waals surface area contributed by atoms with Crippen molar-refractivity contribution in [1.82, 2.24) is 0 Å². The van der Waals surface area contributed by atoms with Crippen molar-refractivity contribution in [3.8, 4) is 5.75 Å². The fraction of sp³-hybridized carbons (Fsp3) is 0.364. The monoisotopic (exact) mass is 254 g/mol. The molecule has 0 bridgehead atoms. The van der Waals surface area contributed by atoms with Gasteiger partial charge in [0.05, 0.1) is 24.7 Å². The van der Waals surface area contributed by atoms with E-state index in [1.54, 1.807) is 6.92 Å². The minimum Gasteiger partial charge on any atom is -0.494 e. The van der Waals surface area contributed by atoms with Gasteiger partial charge in [-0.3, -0.25) is 10.1 Å². The van der Waals surface area contributed by atoms with Crippen LogP contribution in [-0.2, 0) is 4.74 Å². The van der Waals surface area contributed by atoms with Gasteiger partial charge in [-0.15, -0.1) is 0 Å². The molecule has 98 valence electrons. The van der Waals surface area contributed by atoms with Gasteiger partial charge in [0.15, 0.2) is 5.69 Å². The molecule has 0 saturated carbocycles. The highest BCUT2D eigenvalue weighted by Gasteiger charge is 2.22. The van der Waals surface area contributed by atoms with Crippen LogP contribution in [0.1, 0.15) is 17.3 Å². The number of nitro benzene ring substituents is 1. The standard InChI is InChI=1S/C11H14N2O5/c1-4-12-10-8(13(15)16)5-7(11(14)18-3)6-9(10)17-2/h5-6,12H,4H2,1-3H3. The molecule has 1 N–H and O–H groups in total. The van der Waals surface area contributed by atoms with Crippen LogP contribution in [0.2, 0.25) is 0 Å². The second-order valence-corrected chi connectivity index (χ2v) is 3.35. The molecule has 0 atom stereocenters.